The van der Waals surface area contributed by atoms with Crippen molar-refractivity contribution in [2.75, 3.05) is 5.32 Å². The molecule has 1 amide bonds. The van der Waals surface area contributed by atoms with Crippen LogP contribution in [0.3, 0.4) is 0 Å². The second-order valence-electron chi connectivity index (χ2n) is 4.54. The minimum absolute atomic E-state index is 0.00826. The summed E-state index contributed by atoms with van der Waals surface area (Å²) in [5.41, 5.74) is 2.20. The number of carbonyl (C=O) groups excluding carboxylic acids is 1. The van der Waals surface area contributed by atoms with Crippen LogP contribution >= 0.6 is 33.9 Å². The van der Waals surface area contributed by atoms with E-state index in [0.717, 1.165) is 13.8 Å². The van der Waals surface area contributed by atoms with Crippen molar-refractivity contribution >= 4 is 55.7 Å². The minimum atomic E-state index is -0.150. The van der Waals surface area contributed by atoms with Crippen LogP contribution in [0.15, 0.2) is 47.3 Å². The number of fused-ring (bicyclic) bond motifs is 1. The van der Waals surface area contributed by atoms with Gasteiger partial charge in [-0.25, -0.2) is 0 Å². The van der Waals surface area contributed by atoms with Gasteiger partial charge in [0.1, 0.15) is 0 Å². The molecule has 1 N–H and O–H groups in total. The van der Waals surface area contributed by atoms with E-state index in [1.54, 1.807) is 17.7 Å². The number of halogens is 1. The Hall–Kier alpha value is -1.67. The van der Waals surface area contributed by atoms with Crippen molar-refractivity contribution in [2.45, 2.75) is 0 Å². The van der Waals surface area contributed by atoms with Crippen molar-refractivity contribution in [1.82, 2.24) is 4.57 Å². The summed E-state index contributed by atoms with van der Waals surface area (Å²) in [4.78, 5) is 23.9. The Morgan fingerprint density at radius 2 is 2.00 bits per heavy atom. The maximum Gasteiger partial charge on any atom is 0.307 e. The zero-order valence-corrected chi connectivity index (χ0v) is 14.1. The number of nitrogens with one attached hydrogen (secondary N) is 1. The highest BCUT2D eigenvalue weighted by atomic mass is 127. The molecule has 0 saturated carbocycles. The summed E-state index contributed by atoms with van der Waals surface area (Å²) in [6.45, 7) is 0. The Morgan fingerprint density at radius 3 is 2.76 bits per heavy atom. The average molecular weight is 410 g/mol. The van der Waals surface area contributed by atoms with Crippen LogP contribution in [0.2, 0.25) is 0 Å². The number of thiazole rings is 1. The van der Waals surface area contributed by atoms with E-state index in [2.05, 4.69) is 27.9 Å². The molecule has 0 unspecified atom stereocenters. The van der Waals surface area contributed by atoms with E-state index >= 15 is 0 Å². The Balaban J connectivity index is 1.93. The van der Waals surface area contributed by atoms with Gasteiger partial charge in [-0.2, -0.15) is 0 Å². The Morgan fingerprint density at radius 1 is 1.24 bits per heavy atom. The maximum atomic E-state index is 12.3. The van der Waals surface area contributed by atoms with Crippen molar-refractivity contribution in [3.63, 3.8) is 0 Å². The van der Waals surface area contributed by atoms with Crippen LogP contribution in [0.4, 0.5) is 5.69 Å². The molecule has 1 heterocycles. The first-order valence-corrected chi connectivity index (χ1v) is 8.11. The van der Waals surface area contributed by atoms with E-state index in [1.165, 1.54) is 11.3 Å². The predicted octanol–water partition coefficient (Wildman–Crippen LogP) is 3.46. The van der Waals surface area contributed by atoms with Gasteiger partial charge in [-0.1, -0.05) is 23.5 Å². The highest BCUT2D eigenvalue weighted by Gasteiger charge is 2.11. The average Bonchev–Trinajstić information content (AvgIpc) is 2.74. The molecule has 0 spiro atoms. The van der Waals surface area contributed by atoms with Crippen molar-refractivity contribution in [2.24, 2.45) is 7.05 Å². The fraction of sp³-hybridized carbons (Fsp3) is 0.0667. The van der Waals surface area contributed by atoms with Gasteiger partial charge in [-0.05, 0) is 52.9 Å². The van der Waals surface area contributed by atoms with Crippen molar-refractivity contribution in [3.8, 4) is 0 Å². The van der Waals surface area contributed by atoms with Gasteiger partial charge in [-0.15, -0.1) is 0 Å². The zero-order valence-electron chi connectivity index (χ0n) is 11.1. The smallest absolute Gasteiger partial charge is 0.307 e. The lowest BCUT2D eigenvalue weighted by Gasteiger charge is -2.07. The largest absolute Gasteiger partial charge is 0.322 e. The fourth-order valence-electron chi connectivity index (χ4n) is 2.06. The second-order valence-corrected chi connectivity index (χ2v) is 6.70. The lowest BCUT2D eigenvalue weighted by atomic mass is 10.2. The molecule has 2 aromatic carbocycles. The summed E-state index contributed by atoms with van der Waals surface area (Å²) in [7, 11) is 1.74. The number of aromatic nitrogens is 1. The first kappa shape index (κ1) is 14.3. The molecular weight excluding hydrogens is 399 g/mol. The van der Waals surface area contributed by atoms with Gasteiger partial charge in [0.05, 0.1) is 15.8 Å². The number of anilines is 1. The topological polar surface area (TPSA) is 51.1 Å². The molecule has 0 atom stereocenters. The molecule has 0 radical (unpaired) electrons. The SMILES string of the molecule is Cn1c(=O)sc2cc(NC(=O)c3ccccc3I)ccc21. The molecule has 0 aliphatic rings. The van der Waals surface area contributed by atoms with Crippen LogP contribution in [-0.2, 0) is 7.05 Å². The van der Waals surface area contributed by atoms with Gasteiger partial charge in [0, 0.05) is 16.3 Å². The summed E-state index contributed by atoms with van der Waals surface area (Å²) >= 11 is 3.31. The van der Waals surface area contributed by atoms with Gasteiger partial charge in [0.15, 0.2) is 0 Å². The van der Waals surface area contributed by atoms with Gasteiger partial charge < -0.3 is 9.88 Å². The first-order valence-electron chi connectivity index (χ1n) is 6.22. The molecule has 0 aliphatic heterocycles. The monoisotopic (exact) mass is 410 g/mol. The van der Waals surface area contributed by atoms with Gasteiger partial charge in [0.25, 0.3) is 5.91 Å². The van der Waals surface area contributed by atoms with E-state index in [9.17, 15) is 9.59 Å². The molecule has 3 aromatic rings. The van der Waals surface area contributed by atoms with E-state index < -0.39 is 0 Å². The molecule has 4 nitrogen and oxygen atoms in total. The lowest BCUT2D eigenvalue weighted by Crippen LogP contribution is -2.13. The van der Waals surface area contributed by atoms with Crippen LogP contribution in [0.25, 0.3) is 10.2 Å². The summed E-state index contributed by atoms with van der Waals surface area (Å²) in [5, 5.41) is 2.87. The van der Waals surface area contributed by atoms with E-state index in [0.29, 0.717) is 11.3 Å². The van der Waals surface area contributed by atoms with Crippen molar-refractivity contribution in [3.05, 3.63) is 61.3 Å². The number of hydrogen-bond acceptors (Lipinski definition) is 3. The molecule has 106 valence electrons. The Kier molecular flexibility index (Phi) is 3.81. The molecule has 0 aliphatic carbocycles. The number of amides is 1. The standard InChI is InChI=1S/C15H11IN2O2S/c1-18-12-7-6-9(8-13(12)21-15(18)20)17-14(19)10-4-2-3-5-11(10)16/h2-8H,1H3,(H,17,19). The van der Waals surface area contributed by atoms with Gasteiger partial charge in [0.2, 0.25) is 0 Å². The first-order chi connectivity index (χ1) is 10.1. The molecule has 1 aromatic heterocycles. The molecule has 6 heteroatoms. The third-order valence-corrected chi connectivity index (χ3v) is 5.10. The third kappa shape index (κ3) is 2.73. The minimum Gasteiger partial charge on any atom is -0.322 e. The van der Waals surface area contributed by atoms with Crippen molar-refractivity contribution < 1.29 is 4.79 Å². The van der Waals surface area contributed by atoms with E-state index in [-0.39, 0.29) is 10.8 Å². The number of carbonyl (C=O) groups is 1. The molecular formula is C15H11IN2O2S. The molecule has 0 bridgehead atoms. The summed E-state index contributed by atoms with van der Waals surface area (Å²) in [6.07, 6.45) is 0. The number of benzene rings is 2. The normalized spacial score (nSPS) is 10.8. The van der Waals surface area contributed by atoms with Gasteiger partial charge in [-0.3, -0.25) is 9.59 Å². The van der Waals surface area contributed by atoms with Crippen LogP contribution in [0, 0.1) is 3.57 Å². The van der Waals surface area contributed by atoms with Crippen LogP contribution < -0.4 is 10.2 Å². The molecule has 3 rings (SSSR count). The number of aryl methyl sites for hydroxylation is 1. The molecule has 21 heavy (non-hydrogen) atoms. The highest BCUT2D eigenvalue weighted by molar-refractivity contribution is 14.1. The summed E-state index contributed by atoms with van der Waals surface area (Å²) in [6, 6.07) is 12.9. The quantitative estimate of drug-likeness (QED) is 0.658. The lowest BCUT2D eigenvalue weighted by molar-refractivity contribution is 0.102. The van der Waals surface area contributed by atoms with Crippen LogP contribution in [-0.4, -0.2) is 10.5 Å². The fourth-order valence-corrected chi connectivity index (χ4v) is 3.61. The second kappa shape index (κ2) is 5.61. The number of rotatable bonds is 2. The Labute approximate surface area is 138 Å². The van der Waals surface area contributed by atoms with Crippen LogP contribution in [0.1, 0.15) is 10.4 Å². The van der Waals surface area contributed by atoms with Crippen molar-refractivity contribution in [1.29, 1.82) is 0 Å². The number of hydrogen-bond donors (Lipinski definition) is 1. The zero-order chi connectivity index (χ0) is 15.0. The van der Waals surface area contributed by atoms with E-state index in [1.807, 2.05) is 36.4 Å². The number of nitrogens with zero attached hydrogens (tertiary/aromatic N) is 1. The maximum absolute atomic E-state index is 12.3. The van der Waals surface area contributed by atoms with Crippen LogP contribution in [0.5, 0.6) is 0 Å². The summed E-state index contributed by atoms with van der Waals surface area (Å²) in [5.74, 6) is -0.150. The van der Waals surface area contributed by atoms with E-state index in [4.69, 9.17) is 0 Å². The van der Waals surface area contributed by atoms with Gasteiger partial charge >= 0.3 is 4.87 Å². The molecule has 0 fully saturated rings. The third-order valence-electron chi connectivity index (χ3n) is 3.17. The summed E-state index contributed by atoms with van der Waals surface area (Å²) < 4.78 is 3.37. The highest BCUT2D eigenvalue weighted by Crippen LogP contribution is 2.22. The predicted molar refractivity (Wildman–Crippen MR) is 94.2 cm³/mol. The Bertz CT molecular complexity index is 898. The molecule has 0 saturated heterocycles.